The van der Waals surface area contributed by atoms with Crippen LogP contribution in [0.4, 0.5) is 4.39 Å². The molecular weight excluding hydrogens is 337 g/mol. The average molecular weight is 363 g/mol. The minimum atomic E-state index is -0.376. The van der Waals surface area contributed by atoms with E-state index in [1.807, 2.05) is 4.90 Å². The van der Waals surface area contributed by atoms with Gasteiger partial charge in [0.25, 0.3) is 0 Å². The van der Waals surface area contributed by atoms with Gasteiger partial charge in [0.2, 0.25) is 5.91 Å². The van der Waals surface area contributed by atoms with Gasteiger partial charge < -0.3 is 14.4 Å². The summed E-state index contributed by atoms with van der Waals surface area (Å²) < 4.78 is 24.6. The van der Waals surface area contributed by atoms with E-state index in [-0.39, 0.29) is 42.1 Å². The molecule has 0 aliphatic carbocycles. The molecule has 2 saturated heterocycles. The molecule has 0 aromatic heterocycles. The van der Waals surface area contributed by atoms with Crippen LogP contribution in [0, 0.1) is 5.82 Å². The van der Waals surface area contributed by atoms with E-state index < -0.39 is 0 Å². The summed E-state index contributed by atoms with van der Waals surface area (Å²) in [6.07, 6.45) is 3.95. The Hall–Kier alpha value is -1.79. The van der Waals surface area contributed by atoms with E-state index in [1.165, 1.54) is 24.3 Å². The van der Waals surface area contributed by atoms with Gasteiger partial charge in [-0.2, -0.15) is 0 Å². The number of benzene rings is 1. The van der Waals surface area contributed by atoms with Gasteiger partial charge >= 0.3 is 0 Å². The van der Waals surface area contributed by atoms with Crippen LogP contribution >= 0.6 is 0 Å². The molecule has 2 heterocycles. The predicted octanol–water partition coefficient (Wildman–Crippen LogP) is 2.98. The second kappa shape index (κ2) is 8.27. The smallest absolute Gasteiger partial charge is 0.223 e. The zero-order valence-corrected chi connectivity index (χ0v) is 15.2. The normalized spacial score (nSPS) is 22.4. The first-order valence-electron chi connectivity index (χ1n) is 9.27. The van der Waals surface area contributed by atoms with Crippen LogP contribution in [-0.4, -0.2) is 55.1 Å². The molecule has 3 rings (SSSR count). The van der Waals surface area contributed by atoms with Crippen LogP contribution in [0.2, 0.25) is 0 Å². The van der Waals surface area contributed by atoms with E-state index >= 15 is 0 Å². The van der Waals surface area contributed by atoms with E-state index in [0.29, 0.717) is 18.7 Å². The lowest BCUT2D eigenvalue weighted by Crippen LogP contribution is -2.56. The van der Waals surface area contributed by atoms with Crippen molar-refractivity contribution in [3.63, 3.8) is 0 Å². The standard InChI is InChI=1S/C20H26FNO4/c1-25-18-3-2-14-26-20(18)10-12-22(13-11-20)19(24)9-8-17(23)15-4-6-16(21)7-5-15/h4-7,18H,2-3,8-14H2,1H3. The van der Waals surface area contributed by atoms with Crippen LogP contribution in [0.3, 0.4) is 0 Å². The first-order chi connectivity index (χ1) is 12.5. The monoisotopic (exact) mass is 363 g/mol. The van der Waals surface area contributed by atoms with Gasteiger partial charge in [-0.15, -0.1) is 0 Å². The van der Waals surface area contributed by atoms with Crippen LogP contribution in [0.5, 0.6) is 0 Å². The third-order valence-electron chi connectivity index (χ3n) is 5.57. The maximum atomic E-state index is 12.9. The SMILES string of the molecule is COC1CCCOC12CCN(C(=O)CCC(=O)c1ccc(F)cc1)CC2. The number of likely N-dealkylation sites (tertiary alicyclic amines) is 1. The van der Waals surface area contributed by atoms with Gasteiger partial charge in [-0.05, 0) is 49.9 Å². The number of ether oxygens (including phenoxy) is 2. The fraction of sp³-hybridized carbons (Fsp3) is 0.600. The lowest BCUT2D eigenvalue weighted by atomic mass is 9.81. The quantitative estimate of drug-likeness (QED) is 0.755. The van der Waals surface area contributed by atoms with Gasteiger partial charge in [0.15, 0.2) is 5.78 Å². The molecule has 0 bridgehead atoms. The molecule has 1 spiro atoms. The topological polar surface area (TPSA) is 55.8 Å². The number of ketones is 1. The first-order valence-corrected chi connectivity index (χ1v) is 9.27. The number of Topliss-reactive ketones (excluding diaryl/α,β-unsaturated/α-hetero) is 1. The van der Waals surface area contributed by atoms with E-state index in [4.69, 9.17) is 9.47 Å². The number of rotatable bonds is 5. The highest BCUT2D eigenvalue weighted by Crippen LogP contribution is 2.36. The average Bonchev–Trinajstić information content (AvgIpc) is 2.67. The number of carbonyl (C=O) groups excluding carboxylic acids is 2. The molecule has 0 N–H and O–H groups in total. The van der Waals surface area contributed by atoms with Gasteiger partial charge in [-0.3, -0.25) is 9.59 Å². The van der Waals surface area contributed by atoms with Gasteiger partial charge in [0, 0.05) is 45.2 Å². The van der Waals surface area contributed by atoms with E-state index in [1.54, 1.807) is 7.11 Å². The molecule has 2 aliphatic heterocycles. The summed E-state index contributed by atoms with van der Waals surface area (Å²) in [5, 5.41) is 0. The summed E-state index contributed by atoms with van der Waals surface area (Å²) in [6, 6.07) is 5.43. The zero-order chi connectivity index (χ0) is 18.6. The Labute approximate surface area is 153 Å². The van der Waals surface area contributed by atoms with Crippen molar-refractivity contribution in [3.8, 4) is 0 Å². The van der Waals surface area contributed by atoms with E-state index in [9.17, 15) is 14.0 Å². The maximum absolute atomic E-state index is 12.9. The lowest BCUT2D eigenvalue weighted by Gasteiger charge is -2.48. The van der Waals surface area contributed by atoms with Gasteiger partial charge in [0.05, 0.1) is 11.7 Å². The number of hydrogen-bond donors (Lipinski definition) is 0. The van der Waals surface area contributed by atoms with Crippen molar-refractivity contribution < 1.29 is 23.5 Å². The predicted molar refractivity (Wildman–Crippen MR) is 94.5 cm³/mol. The highest BCUT2D eigenvalue weighted by atomic mass is 19.1. The molecule has 0 radical (unpaired) electrons. The summed E-state index contributed by atoms with van der Waals surface area (Å²) in [5.41, 5.74) is 0.170. The zero-order valence-electron chi connectivity index (χ0n) is 15.2. The second-order valence-electron chi connectivity index (χ2n) is 7.09. The van der Waals surface area contributed by atoms with Crippen molar-refractivity contribution in [1.29, 1.82) is 0 Å². The number of piperidine rings is 1. The van der Waals surface area contributed by atoms with Crippen molar-refractivity contribution >= 4 is 11.7 Å². The molecule has 1 aromatic rings. The third kappa shape index (κ3) is 4.13. The number of amides is 1. The number of carbonyl (C=O) groups is 2. The van der Waals surface area contributed by atoms with Gasteiger partial charge in [-0.1, -0.05) is 0 Å². The fourth-order valence-corrected chi connectivity index (χ4v) is 3.99. The summed E-state index contributed by atoms with van der Waals surface area (Å²) in [6.45, 7) is 2.01. The fourth-order valence-electron chi connectivity index (χ4n) is 3.99. The highest BCUT2D eigenvalue weighted by Gasteiger charge is 2.45. The molecule has 5 nitrogen and oxygen atoms in total. The van der Waals surface area contributed by atoms with Gasteiger partial charge in [0.1, 0.15) is 5.82 Å². The number of methoxy groups -OCH3 is 1. The minimum Gasteiger partial charge on any atom is -0.378 e. The molecule has 1 unspecified atom stereocenters. The largest absolute Gasteiger partial charge is 0.378 e. The Balaban J connectivity index is 1.49. The Morgan fingerprint density at radius 3 is 2.58 bits per heavy atom. The van der Waals surface area contributed by atoms with Crippen LogP contribution in [-0.2, 0) is 14.3 Å². The lowest BCUT2D eigenvalue weighted by molar-refractivity contribution is -0.188. The van der Waals surface area contributed by atoms with Crippen molar-refractivity contribution in [2.24, 2.45) is 0 Å². The van der Waals surface area contributed by atoms with Crippen LogP contribution in [0.1, 0.15) is 48.9 Å². The van der Waals surface area contributed by atoms with Crippen molar-refractivity contribution in [3.05, 3.63) is 35.6 Å². The van der Waals surface area contributed by atoms with Crippen molar-refractivity contribution in [1.82, 2.24) is 4.90 Å². The Bertz CT molecular complexity index is 638. The molecular formula is C20H26FNO4. The second-order valence-corrected chi connectivity index (χ2v) is 7.09. The summed E-state index contributed by atoms with van der Waals surface area (Å²) >= 11 is 0. The van der Waals surface area contributed by atoms with E-state index in [2.05, 4.69) is 0 Å². The first kappa shape index (κ1) is 19.0. The molecule has 1 amide bonds. The Morgan fingerprint density at radius 1 is 1.23 bits per heavy atom. The highest BCUT2D eigenvalue weighted by molar-refractivity contribution is 5.97. The number of halogens is 1. The van der Waals surface area contributed by atoms with Crippen LogP contribution in [0.15, 0.2) is 24.3 Å². The molecule has 0 saturated carbocycles. The molecule has 142 valence electrons. The summed E-state index contributed by atoms with van der Waals surface area (Å²) in [4.78, 5) is 26.4. The van der Waals surface area contributed by atoms with Crippen LogP contribution in [0.25, 0.3) is 0 Å². The van der Waals surface area contributed by atoms with Gasteiger partial charge in [-0.25, -0.2) is 4.39 Å². The molecule has 26 heavy (non-hydrogen) atoms. The molecule has 2 fully saturated rings. The molecule has 6 heteroatoms. The Kier molecular flexibility index (Phi) is 6.04. The maximum Gasteiger partial charge on any atom is 0.223 e. The summed E-state index contributed by atoms with van der Waals surface area (Å²) in [7, 11) is 1.72. The Morgan fingerprint density at radius 2 is 1.92 bits per heavy atom. The molecule has 1 aromatic carbocycles. The van der Waals surface area contributed by atoms with Crippen molar-refractivity contribution in [2.75, 3.05) is 26.8 Å². The van der Waals surface area contributed by atoms with Crippen LogP contribution < -0.4 is 0 Å². The number of hydrogen-bond acceptors (Lipinski definition) is 4. The molecule has 1 atom stereocenters. The van der Waals surface area contributed by atoms with Crippen molar-refractivity contribution in [2.45, 2.75) is 50.2 Å². The molecule has 2 aliphatic rings. The minimum absolute atomic E-state index is 0.0138. The third-order valence-corrected chi connectivity index (χ3v) is 5.57. The van der Waals surface area contributed by atoms with E-state index in [0.717, 1.165) is 32.3 Å². The summed E-state index contributed by atoms with van der Waals surface area (Å²) in [5.74, 6) is -0.527. The number of nitrogens with zero attached hydrogens (tertiary/aromatic N) is 1.